The lowest BCUT2D eigenvalue weighted by atomic mass is 10.1. The SMILES string of the molecule is CNc1nnc(-c2sccc2C)c(C)c1C. The second kappa shape index (κ2) is 4.22. The zero-order chi connectivity index (χ0) is 11.7. The summed E-state index contributed by atoms with van der Waals surface area (Å²) in [5.74, 6) is 0.857. The third-order valence-corrected chi connectivity index (χ3v) is 3.86. The van der Waals surface area contributed by atoms with Gasteiger partial charge in [-0.2, -0.15) is 0 Å². The smallest absolute Gasteiger partial charge is 0.151 e. The highest BCUT2D eigenvalue weighted by molar-refractivity contribution is 7.13. The van der Waals surface area contributed by atoms with Crippen LogP contribution in [0.3, 0.4) is 0 Å². The predicted molar refractivity (Wildman–Crippen MR) is 69.1 cm³/mol. The molecule has 0 aliphatic heterocycles. The Kier molecular flexibility index (Phi) is 2.92. The average molecular weight is 233 g/mol. The van der Waals surface area contributed by atoms with Gasteiger partial charge in [-0.05, 0) is 48.9 Å². The summed E-state index contributed by atoms with van der Waals surface area (Å²) in [4.78, 5) is 1.22. The van der Waals surface area contributed by atoms with Gasteiger partial charge in [-0.1, -0.05) is 0 Å². The van der Waals surface area contributed by atoms with Gasteiger partial charge in [-0.3, -0.25) is 0 Å². The lowest BCUT2D eigenvalue weighted by Gasteiger charge is -2.10. The molecule has 2 aromatic rings. The normalized spacial score (nSPS) is 10.5. The van der Waals surface area contributed by atoms with E-state index in [1.54, 1.807) is 11.3 Å². The molecule has 2 rings (SSSR count). The minimum atomic E-state index is 0.857. The summed E-state index contributed by atoms with van der Waals surface area (Å²) in [5, 5.41) is 13.7. The molecule has 2 aromatic heterocycles. The Labute approximate surface area is 99.5 Å². The summed E-state index contributed by atoms with van der Waals surface area (Å²) in [5.41, 5.74) is 4.63. The number of nitrogens with zero attached hydrogens (tertiary/aromatic N) is 2. The van der Waals surface area contributed by atoms with E-state index < -0.39 is 0 Å². The van der Waals surface area contributed by atoms with Crippen LogP contribution in [0.5, 0.6) is 0 Å². The molecule has 0 atom stereocenters. The Bertz CT molecular complexity index is 517. The number of hydrogen-bond donors (Lipinski definition) is 1. The van der Waals surface area contributed by atoms with Gasteiger partial charge < -0.3 is 5.32 Å². The molecule has 0 aromatic carbocycles. The first-order valence-electron chi connectivity index (χ1n) is 5.21. The van der Waals surface area contributed by atoms with Crippen LogP contribution in [0.1, 0.15) is 16.7 Å². The Morgan fingerprint density at radius 3 is 2.44 bits per heavy atom. The molecule has 0 unspecified atom stereocenters. The molecule has 84 valence electrons. The van der Waals surface area contributed by atoms with Crippen LogP contribution < -0.4 is 5.32 Å². The average Bonchev–Trinajstić information content (AvgIpc) is 2.69. The molecule has 16 heavy (non-hydrogen) atoms. The van der Waals surface area contributed by atoms with Crippen molar-refractivity contribution in [3.8, 4) is 10.6 Å². The maximum Gasteiger partial charge on any atom is 0.151 e. The predicted octanol–water partition coefficient (Wildman–Crippen LogP) is 3.17. The molecular weight excluding hydrogens is 218 g/mol. The molecule has 4 heteroatoms. The van der Waals surface area contributed by atoms with E-state index in [-0.39, 0.29) is 0 Å². The summed E-state index contributed by atoms with van der Waals surface area (Å²) in [6.07, 6.45) is 0. The number of rotatable bonds is 2. The topological polar surface area (TPSA) is 37.8 Å². The molecule has 3 nitrogen and oxygen atoms in total. The largest absolute Gasteiger partial charge is 0.371 e. The molecule has 0 spiro atoms. The Balaban J connectivity index is 2.60. The Morgan fingerprint density at radius 2 is 1.88 bits per heavy atom. The van der Waals surface area contributed by atoms with Gasteiger partial charge in [0, 0.05) is 7.05 Å². The monoisotopic (exact) mass is 233 g/mol. The van der Waals surface area contributed by atoms with Crippen LogP contribution in [-0.2, 0) is 0 Å². The Hall–Kier alpha value is -1.42. The van der Waals surface area contributed by atoms with E-state index in [0.717, 1.165) is 11.5 Å². The third-order valence-electron chi connectivity index (χ3n) is 2.84. The summed E-state index contributed by atoms with van der Waals surface area (Å²) < 4.78 is 0. The van der Waals surface area contributed by atoms with Crippen molar-refractivity contribution in [3.05, 3.63) is 28.1 Å². The van der Waals surface area contributed by atoms with Crippen LogP contribution in [0.2, 0.25) is 0 Å². The van der Waals surface area contributed by atoms with Gasteiger partial charge in [0.05, 0.1) is 4.88 Å². The van der Waals surface area contributed by atoms with Crippen LogP contribution in [-0.4, -0.2) is 17.2 Å². The van der Waals surface area contributed by atoms with Crippen LogP contribution in [0.15, 0.2) is 11.4 Å². The fourth-order valence-corrected chi connectivity index (χ4v) is 2.64. The van der Waals surface area contributed by atoms with Gasteiger partial charge in [0.25, 0.3) is 0 Å². The maximum absolute atomic E-state index is 4.31. The first-order valence-corrected chi connectivity index (χ1v) is 6.09. The quantitative estimate of drug-likeness (QED) is 0.865. The second-order valence-corrected chi connectivity index (χ2v) is 4.75. The van der Waals surface area contributed by atoms with Crippen molar-refractivity contribution in [2.45, 2.75) is 20.8 Å². The molecule has 0 aliphatic carbocycles. The van der Waals surface area contributed by atoms with Crippen molar-refractivity contribution in [3.63, 3.8) is 0 Å². The van der Waals surface area contributed by atoms with Crippen molar-refractivity contribution in [2.24, 2.45) is 0 Å². The molecule has 0 fully saturated rings. The number of thiophene rings is 1. The molecule has 0 radical (unpaired) electrons. The molecule has 0 aliphatic rings. The molecule has 0 amide bonds. The number of nitrogens with one attached hydrogen (secondary N) is 1. The van der Waals surface area contributed by atoms with E-state index in [9.17, 15) is 0 Å². The van der Waals surface area contributed by atoms with E-state index in [1.807, 2.05) is 7.05 Å². The van der Waals surface area contributed by atoms with E-state index >= 15 is 0 Å². The van der Waals surface area contributed by atoms with E-state index in [4.69, 9.17) is 0 Å². The highest BCUT2D eigenvalue weighted by Gasteiger charge is 2.13. The minimum Gasteiger partial charge on any atom is -0.371 e. The first kappa shape index (κ1) is 11.1. The minimum absolute atomic E-state index is 0.857. The molecular formula is C12H15N3S. The van der Waals surface area contributed by atoms with Gasteiger partial charge in [0.2, 0.25) is 0 Å². The lowest BCUT2D eigenvalue weighted by molar-refractivity contribution is 1.01. The highest BCUT2D eigenvalue weighted by atomic mass is 32.1. The maximum atomic E-state index is 4.31. The number of aryl methyl sites for hydroxylation is 1. The lowest BCUT2D eigenvalue weighted by Crippen LogP contribution is -2.02. The van der Waals surface area contributed by atoms with Crippen molar-refractivity contribution < 1.29 is 0 Å². The number of hydrogen-bond acceptors (Lipinski definition) is 4. The summed E-state index contributed by atoms with van der Waals surface area (Å²) in [6.45, 7) is 6.27. The van der Waals surface area contributed by atoms with Crippen LogP contribution >= 0.6 is 11.3 Å². The second-order valence-electron chi connectivity index (χ2n) is 3.83. The van der Waals surface area contributed by atoms with E-state index in [2.05, 4.69) is 47.7 Å². The van der Waals surface area contributed by atoms with Crippen LogP contribution in [0.25, 0.3) is 10.6 Å². The summed E-state index contributed by atoms with van der Waals surface area (Å²) >= 11 is 1.72. The third kappa shape index (κ3) is 1.69. The fourth-order valence-electron chi connectivity index (χ4n) is 1.67. The number of anilines is 1. The van der Waals surface area contributed by atoms with Gasteiger partial charge in [0.1, 0.15) is 5.69 Å². The first-order chi connectivity index (χ1) is 7.65. The number of aromatic nitrogens is 2. The highest BCUT2D eigenvalue weighted by Crippen LogP contribution is 2.31. The standard InChI is InChI=1S/C12H15N3S/c1-7-5-6-16-11(7)10-8(2)9(3)12(13-4)15-14-10/h5-6H,1-4H3,(H,13,15). The van der Waals surface area contributed by atoms with Gasteiger partial charge in [0.15, 0.2) is 5.82 Å². The zero-order valence-electron chi connectivity index (χ0n) is 9.96. The van der Waals surface area contributed by atoms with Crippen LogP contribution in [0, 0.1) is 20.8 Å². The van der Waals surface area contributed by atoms with E-state index in [1.165, 1.54) is 21.6 Å². The molecule has 0 saturated carbocycles. The Morgan fingerprint density at radius 1 is 1.12 bits per heavy atom. The van der Waals surface area contributed by atoms with E-state index in [0.29, 0.717) is 0 Å². The fraction of sp³-hybridized carbons (Fsp3) is 0.333. The van der Waals surface area contributed by atoms with Gasteiger partial charge in [-0.25, -0.2) is 0 Å². The van der Waals surface area contributed by atoms with Gasteiger partial charge in [-0.15, -0.1) is 21.5 Å². The summed E-state index contributed by atoms with van der Waals surface area (Å²) in [6, 6.07) is 2.11. The molecule has 0 bridgehead atoms. The molecule has 0 saturated heterocycles. The van der Waals surface area contributed by atoms with Crippen molar-refractivity contribution in [2.75, 3.05) is 12.4 Å². The van der Waals surface area contributed by atoms with Crippen molar-refractivity contribution >= 4 is 17.2 Å². The summed E-state index contributed by atoms with van der Waals surface area (Å²) in [7, 11) is 1.87. The molecule has 2 heterocycles. The molecule has 1 N–H and O–H groups in total. The van der Waals surface area contributed by atoms with Crippen molar-refractivity contribution in [1.29, 1.82) is 0 Å². The van der Waals surface area contributed by atoms with Crippen LogP contribution in [0.4, 0.5) is 5.82 Å². The van der Waals surface area contributed by atoms with Crippen molar-refractivity contribution in [1.82, 2.24) is 10.2 Å². The zero-order valence-corrected chi connectivity index (χ0v) is 10.8. The van der Waals surface area contributed by atoms with Gasteiger partial charge >= 0.3 is 0 Å².